The molecule has 0 radical (unpaired) electrons. The molecule has 5 heteroatoms. The molecule has 0 aliphatic carbocycles. The van der Waals surface area contributed by atoms with Gasteiger partial charge in [-0.2, -0.15) is 4.39 Å². The Bertz CT molecular complexity index is 423. The van der Waals surface area contributed by atoms with Crippen LogP contribution in [0.1, 0.15) is 6.92 Å². The number of halogens is 1. The third-order valence-corrected chi connectivity index (χ3v) is 3.69. The Morgan fingerprint density at radius 3 is 3.00 bits per heavy atom. The van der Waals surface area contributed by atoms with Crippen molar-refractivity contribution >= 4 is 5.69 Å². The molecule has 2 saturated heterocycles. The van der Waals surface area contributed by atoms with E-state index < -0.39 is 5.95 Å². The van der Waals surface area contributed by atoms with Gasteiger partial charge in [-0.1, -0.05) is 0 Å². The minimum Gasteiger partial charge on any atom is -0.375 e. The van der Waals surface area contributed by atoms with Crippen LogP contribution in [-0.4, -0.2) is 43.0 Å². The van der Waals surface area contributed by atoms with Gasteiger partial charge in [0, 0.05) is 12.7 Å². The van der Waals surface area contributed by atoms with Crippen LogP contribution < -0.4 is 4.90 Å². The van der Waals surface area contributed by atoms with Gasteiger partial charge in [-0.05, 0) is 19.1 Å². The van der Waals surface area contributed by atoms with Crippen molar-refractivity contribution in [3.05, 3.63) is 24.3 Å². The number of hydrogen-bond acceptors (Lipinski definition) is 4. The number of nitrogens with zero attached hydrogens (tertiary/aromatic N) is 2. The molecular formula is C12H15FN2O2. The van der Waals surface area contributed by atoms with Crippen LogP contribution in [0.15, 0.2) is 18.3 Å². The molecule has 0 aromatic carbocycles. The lowest BCUT2D eigenvalue weighted by Crippen LogP contribution is -2.68. The topological polar surface area (TPSA) is 34.6 Å². The largest absolute Gasteiger partial charge is 0.375 e. The van der Waals surface area contributed by atoms with E-state index in [0.29, 0.717) is 32.1 Å². The molecule has 1 spiro atoms. The average molecular weight is 238 g/mol. The molecule has 3 heterocycles. The fourth-order valence-corrected chi connectivity index (χ4v) is 2.49. The Hall–Kier alpha value is -1.20. The summed E-state index contributed by atoms with van der Waals surface area (Å²) in [6, 6.07) is 3.62. The Morgan fingerprint density at radius 2 is 2.35 bits per heavy atom. The molecule has 2 aliphatic rings. The van der Waals surface area contributed by atoms with Crippen molar-refractivity contribution in [3.63, 3.8) is 0 Å². The van der Waals surface area contributed by atoms with Crippen molar-refractivity contribution in [1.82, 2.24) is 4.98 Å². The Balaban J connectivity index is 1.90. The van der Waals surface area contributed by atoms with Crippen molar-refractivity contribution < 1.29 is 13.9 Å². The van der Waals surface area contributed by atoms with E-state index in [9.17, 15) is 4.39 Å². The van der Waals surface area contributed by atoms with E-state index in [1.54, 1.807) is 12.1 Å². The molecule has 1 aromatic heterocycles. The molecule has 0 amide bonds. The van der Waals surface area contributed by atoms with Crippen LogP contribution in [-0.2, 0) is 9.47 Å². The third kappa shape index (κ3) is 1.61. The molecule has 2 aliphatic heterocycles. The summed E-state index contributed by atoms with van der Waals surface area (Å²) in [4.78, 5) is 5.72. The van der Waals surface area contributed by atoms with Crippen molar-refractivity contribution in [3.8, 4) is 0 Å². The highest BCUT2D eigenvalue weighted by Gasteiger charge is 2.50. The highest BCUT2D eigenvalue weighted by atomic mass is 19.1. The van der Waals surface area contributed by atoms with Gasteiger partial charge in [-0.15, -0.1) is 0 Å². The van der Waals surface area contributed by atoms with E-state index in [1.165, 1.54) is 6.20 Å². The van der Waals surface area contributed by atoms with Crippen LogP contribution in [0.3, 0.4) is 0 Å². The fraction of sp³-hybridized carbons (Fsp3) is 0.583. The maximum Gasteiger partial charge on any atom is 0.236 e. The maximum atomic E-state index is 13.7. The van der Waals surface area contributed by atoms with Gasteiger partial charge >= 0.3 is 0 Å². The number of ether oxygens (including phenoxy) is 2. The highest BCUT2D eigenvalue weighted by molar-refractivity contribution is 5.47. The van der Waals surface area contributed by atoms with Gasteiger partial charge in [0.05, 0.1) is 31.5 Å². The zero-order valence-corrected chi connectivity index (χ0v) is 9.73. The van der Waals surface area contributed by atoms with Gasteiger partial charge in [0.2, 0.25) is 5.95 Å². The second-order valence-corrected chi connectivity index (χ2v) is 4.59. The number of morpholine rings is 1. The first kappa shape index (κ1) is 10.9. The van der Waals surface area contributed by atoms with Gasteiger partial charge < -0.3 is 14.4 Å². The van der Waals surface area contributed by atoms with Crippen molar-refractivity contribution in [2.24, 2.45) is 0 Å². The first-order valence-corrected chi connectivity index (χ1v) is 5.82. The average Bonchev–Trinajstić information content (AvgIpc) is 2.28. The van der Waals surface area contributed by atoms with E-state index in [2.05, 4.69) is 4.98 Å². The molecule has 1 aromatic rings. The normalized spacial score (nSPS) is 26.9. The maximum absolute atomic E-state index is 13.7. The lowest BCUT2D eigenvalue weighted by Gasteiger charge is -2.53. The molecule has 2 fully saturated rings. The highest BCUT2D eigenvalue weighted by Crippen LogP contribution is 2.35. The Morgan fingerprint density at radius 1 is 1.53 bits per heavy atom. The Kier molecular flexibility index (Phi) is 2.52. The van der Waals surface area contributed by atoms with Crippen molar-refractivity contribution in [2.75, 3.05) is 31.3 Å². The van der Waals surface area contributed by atoms with Gasteiger partial charge in [-0.3, -0.25) is 0 Å². The van der Waals surface area contributed by atoms with Gasteiger partial charge in [-0.25, -0.2) is 4.98 Å². The molecule has 1 unspecified atom stereocenters. The first-order valence-electron chi connectivity index (χ1n) is 5.82. The fourth-order valence-electron chi connectivity index (χ4n) is 2.49. The summed E-state index contributed by atoms with van der Waals surface area (Å²) >= 11 is 0. The summed E-state index contributed by atoms with van der Waals surface area (Å²) in [5.41, 5.74) is 0.287. The minimum atomic E-state index is -0.420. The lowest BCUT2D eigenvalue weighted by atomic mass is 9.90. The predicted molar refractivity (Wildman–Crippen MR) is 60.5 cm³/mol. The zero-order valence-electron chi connectivity index (χ0n) is 9.73. The van der Waals surface area contributed by atoms with Gasteiger partial charge in [0.1, 0.15) is 5.60 Å². The van der Waals surface area contributed by atoms with Gasteiger partial charge in [0.25, 0.3) is 0 Å². The van der Waals surface area contributed by atoms with Crippen LogP contribution in [0.2, 0.25) is 0 Å². The monoisotopic (exact) mass is 238 g/mol. The molecule has 0 saturated carbocycles. The predicted octanol–water partition coefficient (Wildman–Crippen LogP) is 1.21. The molecule has 92 valence electrons. The second kappa shape index (κ2) is 3.92. The molecule has 4 nitrogen and oxygen atoms in total. The van der Waals surface area contributed by atoms with Crippen LogP contribution in [0.25, 0.3) is 0 Å². The minimum absolute atomic E-state index is 0.101. The number of rotatable bonds is 1. The summed E-state index contributed by atoms with van der Waals surface area (Å²) < 4.78 is 24.7. The summed E-state index contributed by atoms with van der Waals surface area (Å²) in [7, 11) is 0. The van der Waals surface area contributed by atoms with E-state index >= 15 is 0 Å². The lowest BCUT2D eigenvalue weighted by molar-refractivity contribution is -0.228. The van der Waals surface area contributed by atoms with Crippen LogP contribution >= 0.6 is 0 Å². The number of anilines is 1. The summed E-state index contributed by atoms with van der Waals surface area (Å²) in [6.07, 6.45) is 1.46. The van der Waals surface area contributed by atoms with E-state index in [1.807, 2.05) is 11.8 Å². The third-order valence-electron chi connectivity index (χ3n) is 3.69. The molecule has 17 heavy (non-hydrogen) atoms. The SMILES string of the molecule is CC1N(c2cccnc2F)CCOC12COC2. The zero-order chi connectivity index (χ0) is 11.9. The molecule has 0 N–H and O–H groups in total. The van der Waals surface area contributed by atoms with Gasteiger partial charge in [0.15, 0.2) is 0 Å². The molecular weight excluding hydrogens is 223 g/mol. The smallest absolute Gasteiger partial charge is 0.236 e. The molecule has 0 bridgehead atoms. The number of hydrogen-bond donors (Lipinski definition) is 0. The van der Waals surface area contributed by atoms with E-state index in [-0.39, 0.29) is 11.6 Å². The summed E-state index contributed by atoms with van der Waals surface area (Å²) in [5, 5.41) is 0. The van der Waals surface area contributed by atoms with Crippen molar-refractivity contribution in [2.45, 2.75) is 18.6 Å². The number of pyridine rings is 1. The molecule has 3 rings (SSSR count). The van der Waals surface area contributed by atoms with Crippen LogP contribution in [0.5, 0.6) is 0 Å². The van der Waals surface area contributed by atoms with Crippen LogP contribution in [0, 0.1) is 5.95 Å². The summed E-state index contributed by atoms with van der Waals surface area (Å²) in [5.74, 6) is -0.420. The van der Waals surface area contributed by atoms with E-state index in [4.69, 9.17) is 9.47 Å². The van der Waals surface area contributed by atoms with Crippen molar-refractivity contribution in [1.29, 1.82) is 0 Å². The first-order chi connectivity index (χ1) is 8.23. The second-order valence-electron chi connectivity index (χ2n) is 4.59. The molecule has 1 atom stereocenters. The number of aromatic nitrogens is 1. The standard InChI is InChI=1S/C12H15FN2O2/c1-9-12(7-16-8-12)17-6-5-15(9)10-3-2-4-14-11(10)13/h2-4,9H,5-8H2,1H3. The van der Waals surface area contributed by atoms with Crippen LogP contribution in [0.4, 0.5) is 10.1 Å². The Labute approximate surface area is 99.3 Å². The quantitative estimate of drug-likeness (QED) is 0.689. The summed E-state index contributed by atoms with van der Waals surface area (Å²) in [6.45, 7) is 4.51. The van der Waals surface area contributed by atoms with E-state index in [0.717, 1.165) is 0 Å².